The van der Waals surface area contributed by atoms with Crippen LogP contribution in [0.15, 0.2) is 41.6 Å². The fraction of sp³-hybridized carbons (Fsp3) is 0.368. The van der Waals surface area contributed by atoms with E-state index in [2.05, 4.69) is 9.97 Å². The Labute approximate surface area is 157 Å². The van der Waals surface area contributed by atoms with Gasteiger partial charge in [-0.15, -0.1) is 11.8 Å². The molecule has 0 unspecified atom stereocenters. The van der Waals surface area contributed by atoms with Crippen LogP contribution in [0.1, 0.15) is 33.7 Å². The Hall–Kier alpha value is -2.41. The van der Waals surface area contributed by atoms with Crippen LogP contribution < -0.4 is 4.90 Å². The first-order chi connectivity index (χ1) is 12.6. The molecule has 1 aliphatic rings. The van der Waals surface area contributed by atoms with E-state index in [1.807, 2.05) is 35.4 Å². The highest BCUT2D eigenvalue weighted by atomic mass is 32.2. The van der Waals surface area contributed by atoms with E-state index in [1.54, 1.807) is 18.0 Å². The molecule has 1 atom stereocenters. The van der Waals surface area contributed by atoms with Crippen molar-refractivity contribution in [2.24, 2.45) is 5.92 Å². The summed E-state index contributed by atoms with van der Waals surface area (Å²) >= 11 is 1.66. The lowest BCUT2D eigenvalue weighted by Crippen LogP contribution is -2.39. The van der Waals surface area contributed by atoms with Crippen LogP contribution in [0.25, 0.3) is 0 Å². The summed E-state index contributed by atoms with van der Waals surface area (Å²) in [5, 5.41) is 0. The van der Waals surface area contributed by atoms with Crippen molar-refractivity contribution >= 4 is 29.3 Å². The number of rotatable bonds is 5. The number of piperidine rings is 1. The van der Waals surface area contributed by atoms with E-state index >= 15 is 0 Å². The van der Waals surface area contributed by atoms with Crippen LogP contribution >= 0.6 is 11.8 Å². The molecule has 0 amide bonds. The number of thioether (sulfide) groups is 1. The van der Waals surface area contributed by atoms with Gasteiger partial charge in [0.1, 0.15) is 5.82 Å². The van der Waals surface area contributed by atoms with E-state index in [1.165, 1.54) is 13.3 Å². The average Bonchev–Trinajstić information content (AvgIpc) is 2.73. The van der Waals surface area contributed by atoms with E-state index in [0.717, 1.165) is 29.8 Å². The quantitative estimate of drug-likeness (QED) is 0.454. The van der Waals surface area contributed by atoms with Crippen LogP contribution in [0.2, 0.25) is 0 Å². The summed E-state index contributed by atoms with van der Waals surface area (Å²) in [6.07, 6.45) is 6.76. The van der Waals surface area contributed by atoms with E-state index in [-0.39, 0.29) is 17.4 Å². The van der Waals surface area contributed by atoms with Crippen molar-refractivity contribution in [1.82, 2.24) is 9.97 Å². The van der Waals surface area contributed by atoms with Crippen molar-refractivity contribution in [2.45, 2.75) is 17.7 Å². The molecular weight excluding hydrogens is 350 g/mol. The van der Waals surface area contributed by atoms with Gasteiger partial charge in [-0.3, -0.25) is 9.78 Å². The van der Waals surface area contributed by atoms with Gasteiger partial charge in [0.05, 0.1) is 19.5 Å². The van der Waals surface area contributed by atoms with Gasteiger partial charge in [0.2, 0.25) is 0 Å². The van der Waals surface area contributed by atoms with Gasteiger partial charge in [-0.1, -0.05) is 12.1 Å². The van der Waals surface area contributed by atoms with Gasteiger partial charge >= 0.3 is 5.97 Å². The number of carbonyl (C=O) groups is 2. The van der Waals surface area contributed by atoms with E-state index in [9.17, 15) is 9.59 Å². The van der Waals surface area contributed by atoms with Gasteiger partial charge in [0, 0.05) is 29.5 Å². The summed E-state index contributed by atoms with van der Waals surface area (Å²) in [7, 11) is 1.31. The van der Waals surface area contributed by atoms with Gasteiger partial charge in [-0.2, -0.15) is 0 Å². The highest BCUT2D eigenvalue weighted by Crippen LogP contribution is 2.25. The zero-order valence-electron chi connectivity index (χ0n) is 14.8. The first-order valence-corrected chi connectivity index (χ1v) is 9.68. The summed E-state index contributed by atoms with van der Waals surface area (Å²) in [6.45, 7) is 1.36. The van der Waals surface area contributed by atoms with Crippen molar-refractivity contribution in [3.63, 3.8) is 0 Å². The lowest BCUT2D eigenvalue weighted by atomic mass is 9.90. The predicted octanol–water partition coefficient (Wildman–Crippen LogP) is 3.08. The van der Waals surface area contributed by atoms with Crippen LogP contribution in [0, 0.1) is 5.92 Å². The van der Waals surface area contributed by atoms with E-state index in [0.29, 0.717) is 12.4 Å². The molecule has 0 radical (unpaired) electrons. The zero-order valence-corrected chi connectivity index (χ0v) is 15.7. The van der Waals surface area contributed by atoms with Crippen molar-refractivity contribution in [3.8, 4) is 0 Å². The highest BCUT2D eigenvalue weighted by molar-refractivity contribution is 7.98. The number of aromatic nitrogens is 2. The third-order valence-electron chi connectivity index (χ3n) is 4.51. The highest BCUT2D eigenvalue weighted by Gasteiger charge is 2.27. The maximum Gasteiger partial charge on any atom is 0.358 e. The molecule has 26 heavy (non-hydrogen) atoms. The number of ketones is 1. The Morgan fingerprint density at radius 2 is 2.00 bits per heavy atom. The summed E-state index contributed by atoms with van der Waals surface area (Å²) < 4.78 is 4.70. The van der Waals surface area contributed by atoms with Gasteiger partial charge in [-0.25, -0.2) is 9.78 Å². The maximum atomic E-state index is 12.9. The molecule has 7 heteroatoms. The zero-order chi connectivity index (χ0) is 18.5. The third kappa shape index (κ3) is 4.04. The standard InChI is InChI=1S/C19H21N3O3S/c1-25-19(24)16-10-20-11-17(21-16)22-9-3-4-14(12-22)18(23)13-5-7-15(26-2)8-6-13/h5-8,10-11,14H,3-4,9,12H2,1-2H3/t14-/m0/s1. The van der Waals surface area contributed by atoms with Crippen LogP contribution in [0.4, 0.5) is 5.82 Å². The first kappa shape index (κ1) is 18.4. The molecule has 0 bridgehead atoms. The fourth-order valence-electron chi connectivity index (χ4n) is 3.10. The molecule has 1 aromatic heterocycles. The molecule has 136 valence electrons. The number of nitrogens with zero attached hydrogens (tertiary/aromatic N) is 3. The normalized spacial score (nSPS) is 17.0. The SMILES string of the molecule is COC(=O)c1cncc(N2CCC[C@H](C(=O)c3ccc(SC)cc3)C2)n1. The molecule has 0 aliphatic carbocycles. The van der Waals surface area contributed by atoms with E-state index in [4.69, 9.17) is 4.74 Å². The molecule has 1 aromatic carbocycles. The molecule has 0 spiro atoms. The number of ether oxygens (including phenoxy) is 1. The third-order valence-corrected chi connectivity index (χ3v) is 5.25. The number of hydrogen-bond acceptors (Lipinski definition) is 7. The summed E-state index contributed by atoms with van der Waals surface area (Å²) in [4.78, 5) is 36.1. The molecule has 1 saturated heterocycles. The summed E-state index contributed by atoms with van der Waals surface area (Å²) in [6, 6.07) is 7.74. The van der Waals surface area contributed by atoms with Gasteiger partial charge < -0.3 is 9.64 Å². The van der Waals surface area contributed by atoms with Gasteiger partial charge in [0.25, 0.3) is 0 Å². The molecule has 3 rings (SSSR count). The van der Waals surface area contributed by atoms with Crippen molar-refractivity contribution in [2.75, 3.05) is 31.4 Å². The Morgan fingerprint density at radius 3 is 2.69 bits per heavy atom. The molecule has 6 nitrogen and oxygen atoms in total. The smallest absolute Gasteiger partial charge is 0.358 e. The molecule has 0 N–H and O–H groups in total. The second kappa shape index (κ2) is 8.31. The van der Waals surface area contributed by atoms with Crippen LogP contribution in [0.5, 0.6) is 0 Å². The summed E-state index contributed by atoms with van der Waals surface area (Å²) in [5.74, 6) is 0.146. The van der Waals surface area contributed by atoms with Crippen molar-refractivity contribution < 1.29 is 14.3 Å². The number of methoxy groups -OCH3 is 1. The Balaban J connectivity index is 1.74. The van der Waals surface area contributed by atoms with Crippen molar-refractivity contribution in [1.29, 1.82) is 0 Å². The van der Waals surface area contributed by atoms with Crippen molar-refractivity contribution in [3.05, 3.63) is 47.9 Å². The van der Waals surface area contributed by atoms with Gasteiger partial charge in [-0.05, 0) is 31.2 Å². The average molecular weight is 371 g/mol. The van der Waals surface area contributed by atoms with E-state index < -0.39 is 5.97 Å². The number of Topliss-reactive ketones (excluding diaryl/α,β-unsaturated/α-hetero) is 1. The predicted molar refractivity (Wildman–Crippen MR) is 101 cm³/mol. The topological polar surface area (TPSA) is 72.4 Å². The van der Waals surface area contributed by atoms with Crippen LogP contribution in [-0.4, -0.2) is 48.2 Å². The second-order valence-electron chi connectivity index (χ2n) is 6.13. The summed E-state index contributed by atoms with van der Waals surface area (Å²) in [5.41, 5.74) is 0.912. The monoisotopic (exact) mass is 371 g/mol. The second-order valence-corrected chi connectivity index (χ2v) is 7.01. The Bertz CT molecular complexity index is 795. The van der Waals surface area contributed by atoms with Crippen LogP contribution in [-0.2, 0) is 4.74 Å². The fourth-order valence-corrected chi connectivity index (χ4v) is 3.51. The molecule has 2 heterocycles. The number of esters is 1. The lowest BCUT2D eigenvalue weighted by molar-refractivity contribution is 0.0593. The Morgan fingerprint density at radius 1 is 1.23 bits per heavy atom. The molecule has 2 aromatic rings. The first-order valence-electron chi connectivity index (χ1n) is 8.46. The molecule has 1 aliphatic heterocycles. The lowest BCUT2D eigenvalue weighted by Gasteiger charge is -2.32. The van der Waals surface area contributed by atoms with Crippen LogP contribution in [0.3, 0.4) is 0 Å². The minimum Gasteiger partial charge on any atom is -0.464 e. The minimum atomic E-state index is -0.516. The minimum absolute atomic E-state index is 0.0903. The number of carbonyl (C=O) groups excluding carboxylic acids is 2. The molecular formula is C19H21N3O3S. The maximum absolute atomic E-state index is 12.9. The molecule has 0 saturated carbocycles. The number of benzene rings is 1. The number of hydrogen-bond donors (Lipinski definition) is 0. The molecule has 1 fully saturated rings. The van der Waals surface area contributed by atoms with Gasteiger partial charge in [0.15, 0.2) is 11.5 Å². The Kier molecular flexibility index (Phi) is 5.88. The number of anilines is 1. The largest absolute Gasteiger partial charge is 0.464 e.